The molecule has 6 nitrogen and oxygen atoms in total. The molecule has 0 fully saturated rings. The second-order valence-corrected chi connectivity index (χ2v) is 7.27. The molecule has 128 valence electrons. The molecule has 0 aliphatic rings. The van der Waals surface area contributed by atoms with Crippen LogP contribution in [0.4, 0.5) is 0 Å². The van der Waals surface area contributed by atoms with E-state index in [1.165, 1.54) is 31.2 Å². The Hall–Kier alpha value is -2.77. The van der Waals surface area contributed by atoms with Crippen LogP contribution in [0, 0.1) is 0 Å². The summed E-state index contributed by atoms with van der Waals surface area (Å²) in [7, 11) is -3.67. The summed E-state index contributed by atoms with van der Waals surface area (Å²) in [6.07, 6.45) is 5.12. The molecule has 0 atom stereocenters. The van der Waals surface area contributed by atoms with Gasteiger partial charge in [-0.15, -0.1) is 0 Å². The predicted octanol–water partition coefficient (Wildman–Crippen LogP) is 2.55. The first-order chi connectivity index (χ1) is 12.0. The highest BCUT2D eigenvalue weighted by Crippen LogP contribution is 2.16. The standard InChI is InChI=1S/C18H17N3O3S/c1-14(22)15-6-8-17(9-7-15)25(23,24)20-12-16-4-2-3-5-18(16)21-11-10-19-13-21/h2-11,13,20H,12H2,1H3. The maximum absolute atomic E-state index is 12.5. The fourth-order valence-electron chi connectivity index (χ4n) is 2.44. The van der Waals surface area contributed by atoms with Crippen LogP contribution in [0.15, 0.2) is 72.1 Å². The molecule has 0 spiro atoms. The van der Waals surface area contributed by atoms with E-state index in [0.29, 0.717) is 5.56 Å². The molecule has 0 amide bonds. The molecule has 2 aromatic carbocycles. The van der Waals surface area contributed by atoms with Crippen LogP contribution in [0.3, 0.4) is 0 Å². The summed E-state index contributed by atoms with van der Waals surface area (Å²) in [6.45, 7) is 1.58. The number of carbonyl (C=O) groups is 1. The number of nitrogens with zero attached hydrogens (tertiary/aromatic N) is 2. The van der Waals surface area contributed by atoms with Gasteiger partial charge in [0, 0.05) is 24.5 Å². The molecule has 0 aliphatic heterocycles. The Morgan fingerprint density at radius 1 is 1.12 bits per heavy atom. The Bertz CT molecular complexity index is 979. The minimum absolute atomic E-state index is 0.105. The average molecular weight is 355 g/mol. The molecular weight excluding hydrogens is 338 g/mol. The Kier molecular flexibility index (Phi) is 4.78. The van der Waals surface area contributed by atoms with E-state index in [1.54, 1.807) is 18.7 Å². The van der Waals surface area contributed by atoms with Gasteiger partial charge in [0.05, 0.1) is 16.9 Å². The van der Waals surface area contributed by atoms with Crippen molar-refractivity contribution < 1.29 is 13.2 Å². The number of Topliss-reactive ketones (excluding diaryl/α,β-unsaturated/α-hetero) is 1. The van der Waals surface area contributed by atoms with Crippen molar-refractivity contribution in [2.24, 2.45) is 0 Å². The molecule has 25 heavy (non-hydrogen) atoms. The Morgan fingerprint density at radius 2 is 1.84 bits per heavy atom. The zero-order valence-electron chi connectivity index (χ0n) is 13.6. The third kappa shape index (κ3) is 3.84. The van der Waals surface area contributed by atoms with Gasteiger partial charge in [-0.25, -0.2) is 18.1 Å². The van der Waals surface area contributed by atoms with Gasteiger partial charge in [-0.2, -0.15) is 0 Å². The smallest absolute Gasteiger partial charge is 0.240 e. The van der Waals surface area contributed by atoms with Crippen LogP contribution in [0.1, 0.15) is 22.8 Å². The molecule has 7 heteroatoms. The number of carbonyl (C=O) groups excluding carboxylic acids is 1. The number of hydrogen-bond acceptors (Lipinski definition) is 4. The number of imidazole rings is 1. The lowest BCUT2D eigenvalue weighted by atomic mass is 10.2. The minimum Gasteiger partial charge on any atom is -0.306 e. The van der Waals surface area contributed by atoms with Crippen molar-refractivity contribution in [2.75, 3.05) is 0 Å². The summed E-state index contributed by atoms with van der Waals surface area (Å²) < 4.78 is 29.4. The van der Waals surface area contributed by atoms with Crippen molar-refractivity contribution in [3.05, 3.63) is 78.4 Å². The lowest BCUT2D eigenvalue weighted by Gasteiger charge is -2.12. The van der Waals surface area contributed by atoms with Gasteiger partial charge >= 0.3 is 0 Å². The number of aromatic nitrogens is 2. The van der Waals surface area contributed by atoms with Crippen LogP contribution >= 0.6 is 0 Å². The molecule has 1 heterocycles. The molecule has 0 saturated carbocycles. The largest absolute Gasteiger partial charge is 0.306 e. The van der Waals surface area contributed by atoms with Gasteiger partial charge in [0.1, 0.15) is 0 Å². The number of para-hydroxylation sites is 1. The van der Waals surface area contributed by atoms with Gasteiger partial charge < -0.3 is 4.57 Å². The molecule has 0 aliphatic carbocycles. The zero-order chi connectivity index (χ0) is 17.9. The highest BCUT2D eigenvalue weighted by Gasteiger charge is 2.15. The molecule has 0 unspecified atom stereocenters. The first-order valence-corrected chi connectivity index (χ1v) is 9.12. The van der Waals surface area contributed by atoms with E-state index < -0.39 is 10.0 Å². The maximum Gasteiger partial charge on any atom is 0.240 e. The van der Waals surface area contributed by atoms with Crippen LogP contribution in [-0.4, -0.2) is 23.8 Å². The van der Waals surface area contributed by atoms with Gasteiger partial charge in [-0.3, -0.25) is 4.79 Å². The van der Waals surface area contributed by atoms with Crippen LogP contribution in [-0.2, 0) is 16.6 Å². The van der Waals surface area contributed by atoms with E-state index in [0.717, 1.165) is 11.3 Å². The van der Waals surface area contributed by atoms with Crippen LogP contribution in [0.2, 0.25) is 0 Å². The number of hydrogen-bond donors (Lipinski definition) is 1. The monoisotopic (exact) mass is 355 g/mol. The number of ketones is 1. The second-order valence-electron chi connectivity index (χ2n) is 5.50. The van der Waals surface area contributed by atoms with Gasteiger partial charge in [0.25, 0.3) is 0 Å². The van der Waals surface area contributed by atoms with Crippen LogP contribution < -0.4 is 4.72 Å². The summed E-state index contributed by atoms with van der Waals surface area (Å²) >= 11 is 0. The second kappa shape index (κ2) is 7.00. The van der Waals surface area contributed by atoms with E-state index in [1.807, 2.05) is 28.8 Å². The van der Waals surface area contributed by atoms with E-state index in [2.05, 4.69) is 9.71 Å². The highest BCUT2D eigenvalue weighted by molar-refractivity contribution is 7.89. The van der Waals surface area contributed by atoms with Crippen molar-refractivity contribution >= 4 is 15.8 Å². The van der Waals surface area contributed by atoms with Crippen LogP contribution in [0.5, 0.6) is 0 Å². The summed E-state index contributed by atoms with van der Waals surface area (Å²) in [4.78, 5) is 15.4. The van der Waals surface area contributed by atoms with Crippen molar-refractivity contribution in [2.45, 2.75) is 18.4 Å². The van der Waals surface area contributed by atoms with Crippen molar-refractivity contribution in [3.8, 4) is 5.69 Å². The van der Waals surface area contributed by atoms with Gasteiger partial charge in [-0.1, -0.05) is 30.3 Å². The number of benzene rings is 2. The van der Waals surface area contributed by atoms with Crippen molar-refractivity contribution in [1.29, 1.82) is 0 Å². The lowest BCUT2D eigenvalue weighted by molar-refractivity contribution is 0.101. The Morgan fingerprint density at radius 3 is 2.48 bits per heavy atom. The van der Waals surface area contributed by atoms with E-state index >= 15 is 0 Å². The normalized spacial score (nSPS) is 11.4. The first-order valence-electron chi connectivity index (χ1n) is 7.64. The molecular formula is C18H17N3O3S. The van der Waals surface area contributed by atoms with Crippen molar-refractivity contribution in [1.82, 2.24) is 14.3 Å². The van der Waals surface area contributed by atoms with E-state index in [4.69, 9.17) is 0 Å². The number of sulfonamides is 1. The molecule has 1 N–H and O–H groups in total. The minimum atomic E-state index is -3.67. The van der Waals surface area contributed by atoms with E-state index in [9.17, 15) is 13.2 Å². The zero-order valence-corrected chi connectivity index (χ0v) is 14.4. The molecule has 3 rings (SSSR count). The maximum atomic E-state index is 12.5. The predicted molar refractivity (Wildman–Crippen MR) is 94.0 cm³/mol. The van der Waals surface area contributed by atoms with Gasteiger partial charge in [0.2, 0.25) is 10.0 Å². The third-order valence-electron chi connectivity index (χ3n) is 3.80. The summed E-state index contributed by atoms with van der Waals surface area (Å²) in [5, 5.41) is 0. The summed E-state index contributed by atoms with van der Waals surface area (Å²) in [5.41, 5.74) is 2.16. The lowest BCUT2D eigenvalue weighted by Crippen LogP contribution is -2.24. The molecule has 0 radical (unpaired) electrons. The third-order valence-corrected chi connectivity index (χ3v) is 5.22. The summed E-state index contributed by atoms with van der Waals surface area (Å²) in [5.74, 6) is -0.105. The number of rotatable bonds is 6. The quantitative estimate of drug-likeness (QED) is 0.689. The number of nitrogens with one attached hydrogen (secondary N) is 1. The van der Waals surface area contributed by atoms with Crippen LogP contribution in [0.25, 0.3) is 5.69 Å². The summed E-state index contributed by atoms with van der Waals surface area (Å²) in [6, 6.07) is 13.4. The fraction of sp³-hybridized carbons (Fsp3) is 0.111. The molecule has 3 aromatic rings. The molecule has 0 bridgehead atoms. The average Bonchev–Trinajstić information content (AvgIpc) is 3.15. The first kappa shape index (κ1) is 17.1. The Balaban J connectivity index is 1.80. The highest BCUT2D eigenvalue weighted by atomic mass is 32.2. The SMILES string of the molecule is CC(=O)c1ccc(S(=O)(=O)NCc2ccccc2-n2ccnc2)cc1. The van der Waals surface area contributed by atoms with Gasteiger partial charge in [0.15, 0.2) is 5.78 Å². The van der Waals surface area contributed by atoms with Crippen molar-refractivity contribution in [3.63, 3.8) is 0 Å². The topological polar surface area (TPSA) is 81.1 Å². The molecule has 0 saturated heterocycles. The van der Waals surface area contributed by atoms with Gasteiger partial charge in [-0.05, 0) is 30.7 Å². The molecule has 1 aromatic heterocycles. The Labute approximate surface area is 146 Å². The van der Waals surface area contributed by atoms with E-state index in [-0.39, 0.29) is 17.2 Å². The fourth-order valence-corrected chi connectivity index (χ4v) is 3.45.